The number of aryl methyl sites for hydroxylation is 1. The summed E-state index contributed by atoms with van der Waals surface area (Å²) in [6.45, 7) is 5.09. The standard InChI is InChI=1S/C26H29N5O6S/c1-5-37-19(32)13-29-25(34)22(16-9-11-17(36-4)12-10-16)31(18-8-6-7-14(2)15(18)3)26(35)23-20(27)21(24(28)33)30-38-23/h6-12,22H,5,13,27H2,1-4H3,(H2,28,33)(H,29,34)/t22-/m1/s1. The second-order valence-electron chi connectivity index (χ2n) is 8.23. The lowest BCUT2D eigenvalue weighted by molar-refractivity contribution is -0.143. The van der Waals surface area contributed by atoms with Gasteiger partial charge in [0.1, 0.15) is 23.2 Å². The second kappa shape index (κ2) is 12.2. The molecule has 2 aromatic carbocycles. The highest BCUT2D eigenvalue weighted by Crippen LogP contribution is 2.36. The molecular weight excluding hydrogens is 510 g/mol. The van der Waals surface area contributed by atoms with Crippen molar-refractivity contribution in [1.29, 1.82) is 0 Å². The predicted octanol–water partition coefficient (Wildman–Crippen LogP) is 2.52. The number of carbonyl (C=O) groups is 4. The number of esters is 1. The molecule has 0 unspecified atom stereocenters. The lowest BCUT2D eigenvalue weighted by atomic mass is 9.99. The van der Waals surface area contributed by atoms with Crippen molar-refractivity contribution in [3.05, 3.63) is 69.7 Å². The Balaban J connectivity index is 2.21. The van der Waals surface area contributed by atoms with E-state index in [2.05, 4.69) is 9.69 Å². The van der Waals surface area contributed by atoms with Crippen LogP contribution in [0.25, 0.3) is 0 Å². The van der Waals surface area contributed by atoms with Gasteiger partial charge in [-0.25, -0.2) is 0 Å². The summed E-state index contributed by atoms with van der Waals surface area (Å²) in [5.74, 6) is -2.28. The van der Waals surface area contributed by atoms with E-state index in [0.29, 0.717) is 28.5 Å². The molecule has 1 heterocycles. The molecule has 5 N–H and O–H groups in total. The average molecular weight is 540 g/mol. The van der Waals surface area contributed by atoms with Crippen LogP contribution < -0.4 is 26.4 Å². The van der Waals surface area contributed by atoms with E-state index in [9.17, 15) is 19.2 Å². The third-order valence-corrected chi connectivity index (χ3v) is 6.71. The number of ether oxygens (including phenoxy) is 2. The number of methoxy groups -OCH3 is 1. The molecule has 38 heavy (non-hydrogen) atoms. The number of carbonyl (C=O) groups excluding carboxylic acids is 4. The van der Waals surface area contributed by atoms with Crippen LogP contribution in [0.1, 0.15) is 49.8 Å². The molecule has 0 saturated carbocycles. The number of rotatable bonds is 10. The number of amides is 3. The molecule has 0 aliphatic heterocycles. The van der Waals surface area contributed by atoms with E-state index in [0.717, 1.165) is 11.1 Å². The zero-order valence-electron chi connectivity index (χ0n) is 21.4. The fourth-order valence-electron chi connectivity index (χ4n) is 3.77. The SMILES string of the molecule is CCOC(=O)CNC(=O)[C@@H](c1ccc(OC)cc1)N(C(=O)c1snc(C(N)=O)c1N)c1cccc(C)c1C. The number of nitrogens with one attached hydrogen (secondary N) is 1. The summed E-state index contributed by atoms with van der Waals surface area (Å²) in [4.78, 5) is 52.8. The molecule has 3 amide bonds. The van der Waals surface area contributed by atoms with E-state index in [4.69, 9.17) is 20.9 Å². The lowest BCUT2D eigenvalue weighted by Crippen LogP contribution is -2.45. The number of primary amides is 1. The van der Waals surface area contributed by atoms with Crippen LogP contribution >= 0.6 is 11.5 Å². The van der Waals surface area contributed by atoms with Gasteiger partial charge in [0.2, 0.25) is 5.91 Å². The Morgan fingerprint density at radius 2 is 1.79 bits per heavy atom. The Hall–Kier alpha value is -4.45. The van der Waals surface area contributed by atoms with Gasteiger partial charge >= 0.3 is 5.97 Å². The Bertz CT molecular complexity index is 1350. The van der Waals surface area contributed by atoms with Gasteiger partial charge in [-0.05, 0) is 67.2 Å². The number of nitrogens with zero attached hydrogens (tertiary/aromatic N) is 2. The summed E-state index contributed by atoms with van der Waals surface area (Å²) < 4.78 is 14.1. The maximum Gasteiger partial charge on any atom is 0.325 e. The molecule has 0 bridgehead atoms. The molecular formula is C26H29N5O6S. The Labute approximate surface area is 223 Å². The summed E-state index contributed by atoms with van der Waals surface area (Å²) in [7, 11) is 1.51. The van der Waals surface area contributed by atoms with E-state index >= 15 is 0 Å². The normalized spacial score (nSPS) is 11.4. The molecule has 0 radical (unpaired) electrons. The lowest BCUT2D eigenvalue weighted by Gasteiger charge is -2.32. The van der Waals surface area contributed by atoms with Gasteiger partial charge in [-0.15, -0.1) is 0 Å². The smallest absolute Gasteiger partial charge is 0.325 e. The average Bonchev–Trinajstić information content (AvgIpc) is 3.29. The minimum absolute atomic E-state index is 0.0589. The zero-order chi connectivity index (χ0) is 28.0. The molecule has 3 aromatic rings. The quantitative estimate of drug-likeness (QED) is 0.330. The van der Waals surface area contributed by atoms with Crippen molar-refractivity contribution in [1.82, 2.24) is 9.69 Å². The van der Waals surface area contributed by atoms with Gasteiger partial charge in [-0.2, -0.15) is 4.37 Å². The van der Waals surface area contributed by atoms with Gasteiger partial charge in [-0.1, -0.05) is 24.3 Å². The van der Waals surface area contributed by atoms with E-state index < -0.39 is 36.3 Å². The summed E-state index contributed by atoms with van der Waals surface area (Å²) >= 11 is 0.708. The summed E-state index contributed by atoms with van der Waals surface area (Å²) in [6.07, 6.45) is 0. The van der Waals surface area contributed by atoms with Crippen molar-refractivity contribution in [2.24, 2.45) is 5.73 Å². The maximum absolute atomic E-state index is 14.1. The van der Waals surface area contributed by atoms with Crippen LogP contribution in [0, 0.1) is 13.8 Å². The molecule has 12 heteroatoms. The number of hydrogen-bond donors (Lipinski definition) is 3. The van der Waals surface area contributed by atoms with Crippen LogP contribution in [0.2, 0.25) is 0 Å². The van der Waals surface area contributed by atoms with Crippen LogP contribution in [0.15, 0.2) is 42.5 Å². The van der Waals surface area contributed by atoms with Gasteiger partial charge in [0.25, 0.3) is 11.8 Å². The predicted molar refractivity (Wildman–Crippen MR) is 143 cm³/mol. The van der Waals surface area contributed by atoms with Crippen LogP contribution in [0.5, 0.6) is 5.75 Å². The van der Waals surface area contributed by atoms with Crippen molar-refractivity contribution in [2.75, 3.05) is 30.9 Å². The molecule has 1 aromatic heterocycles. The highest BCUT2D eigenvalue weighted by molar-refractivity contribution is 7.09. The molecule has 3 rings (SSSR count). The van der Waals surface area contributed by atoms with Crippen molar-refractivity contribution < 1.29 is 28.7 Å². The van der Waals surface area contributed by atoms with Gasteiger partial charge in [0.15, 0.2) is 5.69 Å². The van der Waals surface area contributed by atoms with Gasteiger partial charge in [0, 0.05) is 5.69 Å². The first-order chi connectivity index (χ1) is 18.1. The van der Waals surface area contributed by atoms with Gasteiger partial charge in [0.05, 0.1) is 19.4 Å². The van der Waals surface area contributed by atoms with Gasteiger partial charge in [-0.3, -0.25) is 24.1 Å². The van der Waals surface area contributed by atoms with Crippen molar-refractivity contribution in [2.45, 2.75) is 26.8 Å². The molecule has 200 valence electrons. The Kier molecular flexibility index (Phi) is 9.02. The maximum atomic E-state index is 14.1. The number of nitrogens with two attached hydrogens (primary N) is 2. The second-order valence-corrected chi connectivity index (χ2v) is 9.00. The first kappa shape index (κ1) is 28.1. The van der Waals surface area contributed by atoms with E-state index in [1.807, 2.05) is 19.9 Å². The van der Waals surface area contributed by atoms with Crippen LogP contribution in [0.4, 0.5) is 11.4 Å². The molecule has 0 aliphatic rings. The van der Waals surface area contributed by atoms with Gasteiger partial charge < -0.3 is 26.3 Å². The molecule has 0 saturated heterocycles. The van der Waals surface area contributed by atoms with Crippen LogP contribution in [0.3, 0.4) is 0 Å². The van der Waals surface area contributed by atoms with Crippen LogP contribution in [-0.4, -0.2) is 48.3 Å². The minimum Gasteiger partial charge on any atom is -0.497 e. The molecule has 11 nitrogen and oxygen atoms in total. The Morgan fingerprint density at radius 3 is 2.37 bits per heavy atom. The van der Waals surface area contributed by atoms with E-state index in [1.54, 1.807) is 43.3 Å². The summed E-state index contributed by atoms with van der Waals surface area (Å²) in [6, 6.07) is 10.7. The third-order valence-electron chi connectivity index (χ3n) is 5.86. The highest BCUT2D eigenvalue weighted by atomic mass is 32.1. The molecule has 1 atom stereocenters. The Morgan fingerprint density at radius 1 is 1.11 bits per heavy atom. The molecule has 0 spiro atoms. The fourth-order valence-corrected chi connectivity index (χ4v) is 4.52. The van der Waals surface area contributed by atoms with Crippen molar-refractivity contribution in [3.63, 3.8) is 0 Å². The summed E-state index contributed by atoms with van der Waals surface area (Å²) in [5.41, 5.74) is 13.5. The van der Waals surface area contributed by atoms with Crippen molar-refractivity contribution in [3.8, 4) is 5.75 Å². The monoisotopic (exact) mass is 539 g/mol. The third kappa shape index (κ3) is 5.92. The molecule has 0 fully saturated rings. The fraction of sp³-hybridized carbons (Fsp3) is 0.269. The number of hydrogen-bond acceptors (Lipinski definition) is 9. The number of nitrogen functional groups attached to an aromatic ring is 1. The minimum atomic E-state index is -1.25. The van der Waals surface area contributed by atoms with Crippen LogP contribution in [-0.2, 0) is 14.3 Å². The first-order valence-electron chi connectivity index (χ1n) is 11.6. The summed E-state index contributed by atoms with van der Waals surface area (Å²) in [5, 5.41) is 2.57. The van der Waals surface area contributed by atoms with E-state index in [1.165, 1.54) is 12.0 Å². The van der Waals surface area contributed by atoms with Crippen molar-refractivity contribution >= 4 is 46.6 Å². The largest absolute Gasteiger partial charge is 0.497 e. The van der Waals surface area contributed by atoms with E-state index in [-0.39, 0.29) is 22.9 Å². The number of aromatic nitrogens is 1. The highest BCUT2D eigenvalue weighted by Gasteiger charge is 2.37. The number of anilines is 2. The zero-order valence-corrected chi connectivity index (χ0v) is 22.3. The first-order valence-corrected chi connectivity index (χ1v) is 12.4. The topological polar surface area (TPSA) is 167 Å². The molecule has 0 aliphatic carbocycles. The number of benzene rings is 2.